The predicted octanol–water partition coefficient (Wildman–Crippen LogP) is -0.0708. The van der Waals surface area contributed by atoms with Crippen LogP contribution >= 0.6 is 22.6 Å². The lowest BCUT2D eigenvalue weighted by molar-refractivity contribution is -0.277. The molecule has 146 valence electrons. The second-order valence-corrected chi connectivity index (χ2v) is 7.50. The molecule has 3 rings (SSSR count). The standard InChI is InChI=1S/C18H20INO7/c1-9-17(27-18-16(25)15(24)14(23)13(8-21)26-18)12(22)6-7-20(9)11-4-2-10(19)3-5-11/h2-7,13-16,18,21,23-25H,8H2,1H3/t13-,14-,15+,16-,18+/m1/s1/i19-2. The Balaban J connectivity index is 1.94. The molecule has 4 N–H and O–H groups in total. The second-order valence-electron chi connectivity index (χ2n) is 6.26. The Bertz CT molecular complexity index is 852. The van der Waals surface area contributed by atoms with Crippen LogP contribution in [0.15, 0.2) is 41.3 Å². The van der Waals surface area contributed by atoms with Gasteiger partial charge < -0.3 is 34.5 Å². The lowest BCUT2D eigenvalue weighted by Gasteiger charge is -2.39. The highest BCUT2D eigenvalue weighted by Crippen LogP contribution is 2.25. The predicted molar refractivity (Wildman–Crippen MR) is 104 cm³/mol. The minimum atomic E-state index is -1.59. The molecule has 9 heteroatoms. The number of nitrogens with zero attached hydrogens (tertiary/aromatic N) is 1. The summed E-state index contributed by atoms with van der Waals surface area (Å²) in [4.78, 5) is 12.3. The molecular weight excluding hydrogens is 467 g/mol. The molecule has 0 aliphatic carbocycles. The summed E-state index contributed by atoms with van der Waals surface area (Å²) in [7, 11) is 0. The maximum absolute atomic E-state index is 12.3. The van der Waals surface area contributed by atoms with E-state index in [4.69, 9.17) is 9.47 Å². The highest BCUT2D eigenvalue weighted by Gasteiger charge is 2.45. The van der Waals surface area contributed by atoms with Crippen molar-refractivity contribution in [3.05, 3.63) is 56.0 Å². The maximum atomic E-state index is 12.3. The lowest BCUT2D eigenvalue weighted by Crippen LogP contribution is -2.60. The zero-order chi connectivity index (χ0) is 19.7. The lowest BCUT2D eigenvalue weighted by atomic mass is 9.99. The van der Waals surface area contributed by atoms with E-state index in [0.717, 1.165) is 9.26 Å². The summed E-state index contributed by atoms with van der Waals surface area (Å²) in [5, 5.41) is 39.1. The Morgan fingerprint density at radius 3 is 2.41 bits per heavy atom. The Labute approximate surface area is 168 Å². The van der Waals surface area contributed by atoms with Crippen LogP contribution in [0.25, 0.3) is 5.69 Å². The molecule has 1 aromatic heterocycles. The van der Waals surface area contributed by atoms with Crippen molar-refractivity contribution in [3.8, 4) is 11.4 Å². The third-order valence-electron chi connectivity index (χ3n) is 4.48. The highest BCUT2D eigenvalue weighted by molar-refractivity contribution is 14.1. The molecule has 5 atom stereocenters. The number of hydrogen-bond donors (Lipinski definition) is 4. The monoisotopic (exact) mass is 487 g/mol. The first-order valence-electron chi connectivity index (χ1n) is 8.29. The number of aliphatic hydroxyl groups is 4. The smallest absolute Gasteiger partial charge is 0.229 e. The Kier molecular flexibility index (Phi) is 6.18. The van der Waals surface area contributed by atoms with Gasteiger partial charge in [0.2, 0.25) is 11.7 Å². The molecule has 2 aromatic rings. The van der Waals surface area contributed by atoms with Crippen LogP contribution in [-0.2, 0) is 4.74 Å². The van der Waals surface area contributed by atoms with Crippen LogP contribution in [0, 0.1) is 10.5 Å². The van der Waals surface area contributed by atoms with Gasteiger partial charge in [0.05, 0.1) is 12.3 Å². The number of aromatic nitrogens is 1. The summed E-state index contributed by atoms with van der Waals surface area (Å²) in [6.07, 6.45) is -5.59. The Morgan fingerprint density at radius 2 is 1.78 bits per heavy atom. The average molecular weight is 487 g/mol. The summed E-state index contributed by atoms with van der Waals surface area (Å²) in [6.45, 7) is 1.10. The molecule has 8 nitrogen and oxygen atoms in total. The molecule has 0 amide bonds. The molecule has 1 saturated heterocycles. The zero-order valence-electron chi connectivity index (χ0n) is 14.4. The zero-order valence-corrected chi connectivity index (χ0v) is 16.6. The normalized spacial score (nSPS) is 28.1. The van der Waals surface area contributed by atoms with E-state index in [0.29, 0.717) is 5.69 Å². The quantitative estimate of drug-likeness (QED) is 0.446. The fraction of sp³-hybridized carbons (Fsp3) is 0.389. The van der Waals surface area contributed by atoms with Crippen LogP contribution in [-0.4, -0.2) is 62.3 Å². The molecule has 0 spiro atoms. The SMILES string of the molecule is Cc1c(O[C@@H]2O[C@H](CO)[C@@H](O)[C@H](O)[C@H]2O)c(=O)ccn1-c1ccc([125I])cc1. The first kappa shape index (κ1) is 20.2. The molecule has 2 heterocycles. The fourth-order valence-electron chi connectivity index (χ4n) is 2.92. The summed E-state index contributed by atoms with van der Waals surface area (Å²) in [5.74, 6) is -0.0552. The van der Waals surface area contributed by atoms with Gasteiger partial charge in [-0.05, 0) is 53.8 Å². The summed E-state index contributed by atoms with van der Waals surface area (Å²) in [5.41, 5.74) is 0.860. The van der Waals surface area contributed by atoms with E-state index < -0.39 is 42.7 Å². The molecule has 27 heavy (non-hydrogen) atoms. The Hall–Kier alpha value is -1.50. The van der Waals surface area contributed by atoms with E-state index in [9.17, 15) is 25.2 Å². The van der Waals surface area contributed by atoms with E-state index in [2.05, 4.69) is 22.6 Å². The molecule has 1 fully saturated rings. The fourth-order valence-corrected chi connectivity index (χ4v) is 3.28. The average Bonchev–Trinajstić information content (AvgIpc) is 2.66. The largest absolute Gasteiger partial charge is 0.456 e. The number of pyridine rings is 1. The van der Waals surface area contributed by atoms with Crippen molar-refractivity contribution in [1.29, 1.82) is 0 Å². The van der Waals surface area contributed by atoms with E-state index in [1.807, 2.05) is 24.3 Å². The molecule has 0 saturated carbocycles. The first-order valence-corrected chi connectivity index (χ1v) is 9.36. The second kappa shape index (κ2) is 8.25. The van der Waals surface area contributed by atoms with E-state index in [1.165, 1.54) is 6.07 Å². The van der Waals surface area contributed by atoms with Gasteiger partial charge in [0.25, 0.3) is 0 Å². The van der Waals surface area contributed by atoms with Crippen molar-refractivity contribution in [2.24, 2.45) is 0 Å². The van der Waals surface area contributed by atoms with Crippen LogP contribution in [0.2, 0.25) is 0 Å². The third kappa shape index (κ3) is 4.03. The van der Waals surface area contributed by atoms with Crippen LogP contribution in [0.1, 0.15) is 5.69 Å². The summed E-state index contributed by atoms with van der Waals surface area (Å²) >= 11 is 2.19. The van der Waals surface area contributed by atoms with Gasteiger partial charge in [-0.2, -0.15) is 0 Å². The van der Waals surface area contributed by atoms with Gasteiger partial charge in [-0.1, -0.05) is 0 Å². The van der Waals surface area contributed by atoms with Crippen molar-refractivity contribution in [2.45, 2.75) is 37.6 Å². The van der Waals surface area contributed by atoms with Gasteiger partial charge in [-0.15, -0.1) is 0 Å². The number of benzene rings is 1. The molecule has 1 aromatic carbocycles. The molecule has 1 aliphatic rings. The van der Waals surface area contributed by atoms with Gasteiger partial charge in [0.1, 0.15) is 24.4 Å². The van der Waals surface area contributed by atoms with Crippen LogP contribution < -0.4 is 10.2 Å². The van der Waals surface area contributed by atoms with Gasteiger partial charge in [0, 0.05) is 21.5 Å². The van der Waals surface area contributed by atoms with Gasteiger partial charge in [-0.25, -0.2) is 0 Å². The van der Waals surface area contributed by atoms with Gasteiger partial charge >= 0.3 is 0 Å². The van der Waals surface area contributed by atoms with Crippen LogP contribution in [0.4, 0.5) is 0 Å². The number of rotatable bonds is 4. The van der Waals surface area contributed by atoms with Crippen molar-refractivity contribution in [1.82, 2.24) is 4.57 Å². The minimum absolute atomic E-state index is 0.0552. The molecular formula is C18H20INO7. The number of ether oxygens (including phenoxy) is 2. The third-order valence-corrected chi connectivity index (χ3v) is 5.20. The minimum Gasteiger partial charge on any atom is -0.456 e. The number of hydrogen-bond acceptors (Lipinski definition) is 7. The summed E-state index contributed by atoms with van der Waals surface area (Å²) < 4.78 is 13.7. The van der Waals surface area contributed by atoms with Gasteiger partial charge in [-0.3, -0.25) is 4.79 Å². The summed E-state index contributed by atoms with van der Waals surface area (Å²) in [6, 6.07) is 8.94. The van der Waals surface area contributed by atoms with Crippen molar-refractivity contribution < 1.29 is 29.9 Å². The van der Waals surface area contributed by atoms with Crippen LogP contribution in [0.3, 0.4) is 0 Å². The molecule has 1 aliphatic heterocycles. The van der Waals surface area contributed by atoms with Crippen molar-refractivity contribution in [2.75, 3.05) is 6.61 Å². The van der Waals surface area contributed by atoms with E-state index >= 15 is 0 Å². The van der Waals surface area contributed by atoms with E-state index in [1.54, 1.807) is 17.7 Å². The number of halogens is 1. The van der Waals surface area contributed by atoms with E-state index in [-0.39, 0.29) is 5.75 Å². The van der Waals surface area contributed by atoms with Crippen LogP contribution in [0.5, 0.6) is 5.75 Å². The molecule has 0 bridgehead atoms. The molecule has 0 unspecified atom stereocenters. The Morgan fingerprint density at radius 1 is 1.11 bits per heavy atom. The van der Waals surface area contributed by atoms with Crippen molar-refractivity contribution >= 4 is 22.6 Å². The molecule has 0 radical (unpaired) electrons. The maximum Gasteiger partial charge on any atom is 0.229 e. The topological polar surface area (TPSA) is 121 Å². The number of aliphatic hydroxyl groups excluding tert-OH is 4. The van der Waals surface area contributed by atoms with Gasteiger partial charge in [0.15, 0.2) is 5.75 Å². The highest BCUT2D eigenvalue weighted by atomic mass is 125. The van der Waals surface area contributed by atoms with Crippen molar-refractivity contribution in [3.63, 3.8) is 0 Å². The first-order chi connectivity index (χ1) is 12.8.